The lowest BCUT2D eigenvalue weighted by atomic mass is 9.79. The van der Waals surface area contributed by atoms with E-state index < -0.39 is 0 Å². The van der Waals surface area contributed by atoms with Crippen molar-refractivity contribution in [1.82, 2.24) is 4.90 Å². The fourth-order valence-electron chi connectivity index (χ4n) is 3.56. The van der Waals surface area contributed by atoms with E-state index in [1.165, 1.54) is 0 Å². The predicted molar refractivity (Wildman–Crippen MR) is 89.9 cm³/mol. The van der Waals surface area contributed by atoms with Gasteiger partial charge in [-0.15, -0.1) is 0 Å². The topological polar surface area (TPSA) is 38.8 Å². The van der Waals surface area contributed by atoms with E-state index in [1.54, 1.807) is 24.3 Å². The number of ether oxygens (including phenoxy) is 2. The second-order valence-electron chi connectivity index (χ2n) is 6.54. The zero-order valence-electron chi connectivity index (χ0n) is 13.6. The van der Waals surface area contributed by atoms with Crippen molar-refractivity contribution < 1.29 is 14.3 Å². The molecule has 2 aliphatic rings. The summed E-state index contributed by atoms with van der Waals surface area (Å²) in [6, 6.07) is 7.07. The maximum absolute atomic E-state index is 12.5. The molecule has 1 spiro atoms. The summed E-state index contributed by atoms with van der Waals surface area (Å²) in [5.41, 5.74) is 0.560. The summed E-state index contributed by atoms with van der Waals surface area (Å²) in [6.07, 6.45) is 3.22. The summed E-state index contributed by atoms with van der Waals surface area (Å²) in [4.78, 5) is 14.3. The van der Waals surface area contributed by atoms with Gasteiger partial charge in [0.1, 0.15) is 5.60 Å². The SMILES string of the molecule is CCOCCC1CCOC2(C1)CN(C(=O)c1ccc(Cl)cc1)C2. The molecule has 0 aliphatic carbocycles. The van der Waals surface area contributed by atoms with E-state index in [0.29, 0.717) is 29.6 Å². The van der Waals surface area contributed by atoms with Gasteiger partial charge in [-0.2, -0.15) is 0 Å². The molecule has 0 saturated carbocycles. The summed E-state index contributed by atoms with van der Waals surface area (Å²) in [7, 11) is 0. The normalized spacial score (nSPS) is 22.9. The molecule has 1 aromatic carbocycles. The van der Waals surface area contributed by atoms with E-state index in [0.717, 1.165) is 39.1 Å². The average molecular weight is 338 g/mol. The Bertz CT molecular complexity index is 540. The van der Waals surface area contributed by atoms with Crippen LogP contribution in [0.2, 0.25) is 5.02 Å². The molecule has 4 nitrogen and oxygen atoms in total. The van der Waals surface area contributed by atoms with Crippen LogP contribution in [0.15, 0.2) is 24.3 Å². The van der Waals surface area contributed by atoms with Gasteiger partial charge in [0.05, 0.1) is 13.1 Å². The summed E-state index contributed by atoms with van der Waals surface area (Å²) >= 11 is 5.87. The fourth-order valence-corrected chi connectivity index (χ4v) is 3.68. The predicted octanol–water partition coefficient (Wildman–Crippen LogP) is 3.39. The Morgan fingerprint density at radius 3 is 2.83 bits per heavy atom. The smallest absolute Gasteiger partial charge is 0.254 e. The lowest BCUT2D eigenvalue weighted by Crippen LogP contribution is -2.66. The summed E-state index contributed by atoms with van der Waals surface area (Å²) in [5.74, 6) is 0.704. The van der Waals surface area contributed by atoms with E-state index >= 15 is 0 Å². The van der Waals surface area contributed by atoms with Gasteiger partial charge in [-0.3, -0.25) is 4.79 Å². The molecule has 1 aromatic rings. The van der Waals surface area contributed by atoms with Crippen LogP contribution < -0.4 is 0 Å². The number of amides is 1. The molecular weight excluding hydrogens is 314 g/mol. The van der Waals surface area contributed by atoms with Crippen LogP contribution in [-0.4, -0.2) is 49.3 Å². The number of rotatable bonds is 5. The molecule has 0 aromatic heterocycles. The van der Waals surface area contributed by atoms with Crippen molar-refractivity contribution in [2.24, 2.45) is 5.92 Å². The van der Waals surface area contributed by atoms with Crippen LogP contribution in [0.3, 0.4) is 0 Å². The van der Waals surface area contributed by atoms with Gasteiger partial charge in [-0.1, -0.05) is 11.6 Å². The Morgan fingerprint density at radius 1 is 1.39 bits per heavy atom. The van der Waals surface area contributed by atoms with Crippen molar-refractivity contribution in [2.75, 3.05) is 32.9 Å². The number of hydrogen-bond acceptors (Lipinski definition) is 3. The zero-order chi connectivity index (χ0) is 16.3. The highest BCUT2D eigenvalue weighted by Gasteiger charge is 2.49. The van der Waals surface area contributed by atoms with Crippen molar-refractivity contribution in [1.29, 1.82) is 0 Å². The van der Waals surface area contributed by atoms with Gasteiger partial charge >= 0.3 is 0 Å². The molecule has 3 rings (SSSR count). The first-order valence-corrected chi connectivity index (χ1v) is 8.76. The van der Waals surface area contributed by atoms with Crippen LogP contribution in [0, 0.1) is 5.92 Å². The highest BCUT2D eigenvalue weighted by atomic mass is 35.5. The molecule has 5 heteroatoms. The van der Waals surface area contributed by atoms with E-state index in [9.17, 15) is 4.79 Å². The minimum absolute atomic E-state index is 0.0623. The first-order valence-electron chi connectivity index (χ1n) is 8.38. The van der Waals surface area contributed by atoms with Crippen LogP contribution in [-0.2, 0) is 9.47 Å². The highest BCUT2D eigenvalue weighted by Crippen LogP contribution is 2.38. The number of carbonyl (C=O) groups is 1. The van der Waals surface area contributed by atoms with Crippen molar-refractivity contribution >= 4 is 17.5 Å². The second-order valence-corrected chi connectivity index (χ2v) is 6.98. The first-order chi connectivity index (χ1) is 11.1. The Morgan fingerprint density at radius 2 is 2.13 bits per heavy atom. The van der Waals surface area contributed by atoms with Gasteiger partial charge in [0.25, 0.3) is 5.91 Å². The molecule has 1 unspecified atom stereocenters. The third-order valence-electron chi connectivity index (χ3n) is 4.81. The highest BCUT2D eigenvalue weighted by molar-refractivity contribution is 6.30. The molecule has 126 valence electrons. The van der Waals surface area contributed by atoms with Crippen molar-refractivity contribution in [3.8, 4) is 0 Å². The van der Waals surface area contributed by atoms with Gasteiger partial charge < -0.3 is 14.4 Å². The average Bonchev–Trinajstić information content (AvgIpc) is 2.53. The number of likely N-dealkylation sites (tertiary alicyclic amines) is 1. The molecule has 23 heavy (non-hydrogen) atoms. The van der Waals surface area contributed by atoms with Gasteiger partial charge in [0.2, 0.25) is 0 Å². The maximum Gasteiger partial charge on any atom is 0.254 e. The quantitative estimate of drug-likeness (QED) is 0.773. The molecule has 1 atom stereocenters. The Labute approximate surface area is 142 Å². The maximum atomic E-state index is 12.5. The Balaban J connectivity index is 1.52. The number of carbonyl (C=O) groups excluding carboxylic acids is 1. The molecular formula is C18H24ClNO3. The largest absolute Gasteiger partial charge is 0.382 e. The number of hydrogen-bond donors (Lipinski definition) is 0. The third kappa shape index (κ3) is 3.87. The van der Waals surface area contributed by atoms with E-state index in [1.807, 2.05) is 11.8 Å². The van der Waals surface area contributed by atoms with Crippen LogP contribution >= 0.6 is 11.6 Å². The fraction of sp³-hybridized carbons (Fsp3) is 0.611. The molecule has 0 bridgehead atoms. The minimum Gasteiger partial charge on any atom is -0.382 e. The van der Waals surface area contributed by atoms with Gasteiger partial charge in [0.15, 0.2) is 0 Å². The van der Waals surface area contributed by atoms with E-state index in [-0.39, 0.29) is 11.5 Å². The first kappa shape index (κ1) is 16.7. The lowest BCUT2D eigenvalue weighted by molar-refractivity contribution is -0.167. The second kappa shape index (κ2) is 7.20. The van der Waals surface area contributed by atoms with Crippen molar-refractivity contribution in [2.45, 2.75) is 31.8 Å². The number of benzene rings is 1. The van der Waals surface area contributed by atoms with Crippen molar-refractivity contribution in [3.63, 3.8) is 0 Å². The Kier molecular flexibility index (Phi) is 5.24. The molecule has 2 aliphatic heterocycles. The lowest BCUT2D eigenvalue weighted by Gasteiger charge is -2.53. The summed E-state index contributed by atoms with van der Waals surface area (Å²) in [6.45, 7) is 5.80. The Hall–Kier alpha value is -1.10. The van der Waals surface area contributed by atoms with E-state index in [4.69, 9.17) is 21.1 Å². The molecule has 2 saturated heterocycles. The van der Waals surface area contributed by atoms with Crippen LogP contribution in [0.5, 0.6) is 0 Å². The van der Waals surface area contributed by atoms with Crippen molar-refractivity contribution in [3.05, 3.63) is 34.9 Å². The monoisotopic (exact) mass is 337 g/mol. The van der Waals surface area contributed by atoms with Gasteiger partial charge in [-0.05, 0) is 56.4 Å². The zero-order valence-corrected chi connectivity index (χ0v) is 14.3. The molecule has 2 fully saturated rings. The summed E-state index contributed by atoms with van der Waals surface area (Å²) in [5, 5.41) is 0.648. The summed E-state index contributed by atoms with van der Waals surface area (Å²) < 4.78 is 11.5. The minimum atomic E-state index is -0.128. The molecule has 0 N–H and O–H groups in total. The van der Waals surface area contributed by atoms with Crippen LogP contribution in [0.25, 0.3) is 0 Å². The van der Waals surface area contributed by atoms with Crippen LogP contribution in [0.1, 0.15) is 36.5 Å². The molecule has 1 amide bonds. The number of nitrogens with zero attached hydrogens (tertiary/aromatic N) is 1. The van der Waals surface area contributed by atoms with E-state index in [2.05, 4.69) is 0 Å². The van der Waals surface area contributed by atoms with Crippen LogP contribution in [0.4, 0.5) is 0 Å². The third-order valence-corrected chi connectivity index (χ3v) is 5.06. The van der Waals surface area contributed by atoms with Gasteiger partial charge in [0, 0.05) is 30.4 Å². The van der Waals surface area contributed by atoms with Gasteiger partial charge in [-0.25, -0.2) is 0 Å². The standard InChI is InChI=1S/C18H24ClNO3/c1-2-22-9-7-14-8-10-23-18(11-14)12-20(13-18)17(21)15-3-5-16(19)6-4-15/h3-6,14H,2,7-13H2,1H3. The molecule has 0 radical (unpaired) electrons. The number of halogens is 1. The molecule has 2 heterocycles.